The van der Waals surface area contributed by atoms with Crippen molar-refractivity contribution in [3.8, 4) is 22.3 Å². The highest BCUT2D eigenvalue weighted by atomic mass is 14.9. The van der Waals surface area contributed by atoms with Crippen LogP contribution in [-0.4, -0.2) is 0 Å². The molecule has 4 fully saturated rings. The van der Waals surface area contributed by atoms with E-state index in [1.54, 1.807) is 11.1 Å². The average Bonchev–Trinajstić information content (AvgIpc) is 3.20. The first kappa shape index (κ1) is 19.9. The molecule has 35 heavy (non-hydrogen) atoms. The molecule has 0 amide bonds. The van der Waals surface area contributed by atoms with Gasteiger partial charge in [0.15, 0.2) is 0 Å². The monoisotopic (exact) mass is 453 g/mol. The fourth-order valence-corrected chi connectivity index (χ4v) is 8.92. The minimum atomic E-state index is 0.171. The van der Waals surface area contributed by atoms with Crippen molar-refractivity contribution in [1.29, 1.82) is 0 Å². The van der Waals surface area contributed by atoms with E-state index in [4.69, 9.17) is 0 Å². The largest absolute Gasteiger partial charge is 0.355 e. The van der Waals surface area contributed by atoms with Crippen molar-refractivity contribution in [2.75, 3.05) is 5.32 Å². The maximum Gasteiger partial charge on any atom is 0.0463 e. The number of nitrogens with one attached hydrogen (secondary N) is 1. The molecule has 4 bridgehead atoms. The van der Waals surface area contributed by atoms with Gasteiger partial charge in [-0.1, -0.05) is 84.9 Å². The second-order valence-corrected chi connectivity index (χ2v) is 11.5. The summed E-state index contributed by atoms with van der Waals surface area (Å²) in [4.78, 5) is 0. The van der Waals surface area contributed by atoms with E-state index in [2.05, 4.69) is 102 Å². The Morgan fingerprint density at radius 2 is 1.11 bits per heavy atom. The average molecular weight is 454 g/mol. The Morgan fingerprint density at radius 1 is 0.514 bits per heavy atom. The first-order valence-corrected chi connectivity index (χ1v) is 13.5. The third kappa shape index (κ3) is 2.70. The second-order valence-electron chi connectivity index (χ2n) is 11.5. The van der Waals surface area contributed by atoms with E-state index in [0.29, 0.717) is 0 Å². The summed E-state index contributed by atoms with van der Waals surface area (Å²) in [7, 11) is 0. The molecular weight excluding hydrogens is 422 g/mol. The smallest absolute Gasteiger partial charge is 0.0463 e. The van der Waals surface area contributed by atoms with Gasteiger partial charge >= 0.3 is 0 Å². The predicted octanol–water partition coefficient (Wildman–Crippen LogP) is 8.82. The maximum atomic E-state index is 3.99. The minimum absolute atomic E-state index is 0.171. The molecule has 0 saturated heterocycles. The lowest BCUT2D eigenvalue weighted by molar-refractivity contribution is -0.0396. The Balaban J connectivity index is 1.33. The molecule has 0 unspecified atom stereocenters. The molecule has 0 heterocycles. The molecule has 4 aromatic carbocycles. The summed E-state index contributed by atoms with van der Waals surface area (Å²) in [5, 5.41) is 3.99. The summed E-state index contributed by atoms with van der Waals surface area (Å²) >= 11 is 0. The van der Waals surface area contributed by atoms with Crippen LogP contribution in [0.3, 0.4) is 0 Å². The molecule has 0 aliphatic heterocycles. The molecule has 4 aromatic rings. The highest BCUT2D eigenvalue weighted by Crippen LogP contribution is 2.70. The molecule has 4 saturated carbocycles. The summed E-state index contributed by atoms with van der Waals surface area (Å²) < 4.78 is 0. The number of hydrogen-bond acceptors (Lipinski definition) is 1. The van der Waals surface area contributed by atoms with Gasteiger partial charge in [-0.25, -0.2) is 0 Å². The summed E-state index contributed by atoms with van der Waals surface area (Å²) in [6.07, 6.45) is 7.14. The summed E-state index contributed by atoms with van der Waals surface area (Å²) in [6, 6.07) is 36.0. The molecule has 5 aliphatic carbocycles. The zero-order chi connectivity index (χ0) is 23.0. The normalized spacial score (nSPS) is 29.3. The number of fused-ring (bicyclic) bond motifs is 3. The Labute approximate surface area is 208 Å². The highest BCUT2D eigenvalue weighted by Gasteiger charge is 2.62. The molecule has 1 spiro atoms. The van der Waals surface area contributed by atoms with Gasteiger partial charge in [0.1, 0.15) is 0 Å². The summed E-state index contributed by atoms with van der Waals surface area (Å²) in [6.45, 7) is 0. The van der Waals surface area contributed by atoms with E-state index in [1.807, 2.05) is 0 Å². The fourth-order valence-electron chi connectivity index (χ4n) is 8.92. The van der Waals surface area contributed by atoms with E-state index in [1.165, 1.54) is 65.7 Å². The predicted molar refractivity (Wildman–Crippen MR) is 145 cm³/mol. The summed E-state index contributed by atoms with van der Waals surface area (Å²) in [5.74, 6) is 3.46. The van der Waals surface area contributed by atoms with Crippen LogP contribution >= 0.6 is 0 Å². The topological polar surface area (TPSA) is 12.0 Å². The highest BCUT2D eigenvalue weighted by molar-refractivity contribution is 5.90. The molecular formula is C34H31N. The third-order valence-corrected chi connectivity index (χ3v) is 9.85. The molecule has 172 valence electrons. The van der Waals surface area contributed by atoms with Crippen LogP contribution in [0.2, 0.25) is 0 Å². The maximum absolute atomic E-state index is 3.99. The first-order valence-electron chi connectivity index (χ1n) is 13.5. The Hall–Kier alpha value is -3.32. The lowest BCUT2D eigenvalue weighted by Crippen LogP contribution is -2.55. The number of benzene rings is 4. The van der Waals surface area contributed by atoms with Gasteiger partial charge < -0.3 is 5.32 Å². The van der Waals surface area contributed by atoms with Crippen molar-refractivity contribution in [2.24, 2.45) is 23.7 Å². The molecule has 0 radical (unpaired) electrons. The number of para-hydroxylation sites is 1. The van der Waals surface area contributed by atoms with E-state index < -0.39 is 0 Å². The van der Waals surface area contributed by atoms with Crippen LogP contribution in [0, 0.1) is 23.7 Å². The SMILES string of the molecule is c1ccc(-c2ccccc2Nc2cccc3c2C2(c4ccccc4-3)C3CC4CC(C3)CC2C4)cc1. The van der Waals surface area contributed by atoms with Crippen LogP contribution in [0.5, 0.6) is 0 Å². The van der Waals surface area contributed by atoms with Gasteiger partial charge in [-0.3, -0.25) is 0 Å². The third-order valence-electron chi connectivity index (χ3n) is 9.85. The Bertz CT molecular complexity index is 1400. The molecule has 1 N–H and O–H groups in total. The molecule has 1 heteroatoms. The van der Waals surface area contributed by atoms with Crippen LogP contribution in [0.25, 0.3) is 22.3 Å². The first-order chi connectivity index (χ1) is 17.3. The van der Waals surface area contributed by atoms with Crippen molar-refractivity contribution < 1.29 is 0 Å². The number of hydrogen-bond donors (Lipinski definition) is 1. The van der Waals surface area contributed by atoms with Crippen LogP contribution in [-0.2, 0) is 5.41 Å². The zero-order valence-corrected chi connectivity index (χ0v) is 20.1. The van der Waals surface area contributed by atoms with Gasteiger partial charge in [0, 0.05) is 22.4 Å². The van der Waals surface area contributed by atoms with Gasteiger partial charge in [0.25, 0.3) is 0 Å². The lowest BCUT2D eigenvalue weighted by atomic mass is 9.43. The fraction of sp³-hybridized carbons (Fsp3) is 0.294. The number of rotatable bonds is 3. The van der Waals surface area contributed by atoms with Gasteiger partial charge in [-0.05, 0) is 95.7 Å². The molecule has 0 aromatic heterocycles. The minimum Gasteiger partial charge on any atom is -0.355 e. The van der Waals surface area contributed by atoms with Crippen LogP contribution < -0.4 is 5.32 Å². The van der Waals surface area contributed by atoms with Crippen molar-refractivity contribution in [2.45, 2.75) is 37.5 Å². The Morgan fingerprint density at radius 3 is 1.89 bits per heavy atom. The van der Waals surface area contributed by atoms with Crippen molar-refractivity contribution in [3.63, 3.8) is 0 Å². The molecule has 1 nitrogen and oxygen atoms in total. The van der Waals surface area contributed by atoms with E-state index in [9.17, 15) is 0 Å². The van der Waals surface area contributed by atoms with Crippen molar-refractivity contribution in [3.05, 3.63) is 108 Å². The van der Waals surface area contributed by atoms with E-state index in [0.717, 1.165) is 23.7 Å². The quantitative estimate of drug-likeness (QED) is 0.327. The zero-order valence-electron chi connectivity index (χ0n) is 20.1. The Kier molecular flexibility index (Phi) is 4.18. The van der Waals surface area contributed by atoms with Crippen LogP contribution in [0.1, 0.15) is 43.2 Å². The van der Waals surface area contributed by atoms with Gasteiger partial charge in [0.2, 0.25) is 0 Å². The van der Waals surface area contributed by atoms with Gasteiger partial charge in [-0.2, -0.15) is 0 Å². The lowest BCUT2D eigenvalue weighted by Gasteiger charge is -2.61. The van der Waals surface area contributed by atoms with E-state index in [-0.39, 0.29) is 5.41 Å². The molecule has 9 rings (SSSR count). The number of anilines is 2. The van der Waals surface area contributed by atoms with Crippen molar-refractivity contribution in [1.82, 2.24) is 0 Å². The molecule has 5 aliphatic rings. The standard InChI is InChI=1S/C34H31N/c1-2-9-24(10-3-1)27-11-5-7-15-31(27)35-32-16-8-13-29-28-12-4-6-14-30(28)34(33(29)32)25-18-22-17-23(20-25)21-26(34)19-22/h1-16,22-23,25-26,35H,17-21H2. The molecule has 0 atom stereocenters. The van der Waals surface area contributed by atoms with Gasteiger partial charge in [0.05, 0.1) is 0 Å². The summed E-state index contributed by atoms with van der Waals surface area (Å²) in [5.41, 5.74) is 11.4. The van der Waals surface area contributed by atoms with Crippen LogP contribution in [0.4, 0.5) is 11.4 Å². The second kappa shape index (κ2) is 7.34. The van der Waals surface area contributed by atoms with E-state index >= 15 is 0 Å². The van der Waals surface area contributed by atoms with Crippen molar-refractivity contribution >= 4 is 11.4 Å². The van der Waals surface area contributed by atoms with Crippen LogP contribution in [0.15, 0.2) is 97.1 Å². The van der Waals surface area contributed by atoms with Gasteiger partial charge in [-0.15, -0.1) is 0 Å².